The molecule has 1 N–H and O–H groups in total. The number of morpholine rings is 1. The molecule has 0 unspecified atom stereocenters. The van der Waals surface area contributed by atoms with Gasteiger partial charge in [0.15, 0.2) is 0 Å². The fourth-order valence-electron chi connectivity index (χ4n) is 3.36. The first kappa shape index (κ1) is 19.5. The molecule has 1 saturated heterocycles. The number of fused-ring (bicyclic) bond motifs is 1. The Balaban J connectivity index is 1.55. The molecular weight excluding hydrogens is 388 g/mol. The molecule has 1 aliphatic rings. The van der Waals surface area contributed by atoms with E-state index in [4.69, 9.17) is 4.74 Å². The number of hydrogen-bond donors (Lipinski definition) is 1. The van der Waals surface area contributed by atoms with Crippen LogP contribution in [0.5, 0.6) is 0 Å². The minimum Gasteiger partial charge on any atom is -0.378 e. The first-order valence-corrected chi connectivity index (χ1v) is 9.45. The van der Waals surface area contributed by atoms with E-state index in [1.165, 1.54) is 18.3 Å². The second kappa shape index (κ2) is 8.70. The fraction of sp³-hybridized carbons (Fsp3) is 0.250. The highest BCUT2D eigenvalue weighted by molar-refractivity contribution is 6.00. The predicted molar refractivity (Wildman–Crippen MR) is 111 cm³/mol. The monoisotopic (exact) mass is 408 g/mol. The number of ether oxygens (including phenoxy) is 1. The zero-order valence-corrected chi connectivity index (χ0v) is 16.1. The molecule has 4 rings (SSSR count). The average Bonchev–Trinajstić information content (AvgIpc) is 3.12. The van der Waals surface area contributed by atoms with Crippen LogP contribution < -0.4 is 5.43 Å². The van der Waals surface area contributed by atoms with Crippen molar-refractivity contribution in [3.05, 3.63) is 64.5 Å². The van der Waals surface area contributed by atoms with Crippen LogP contribution in [0, 0.1) is 10.1 Å². The number of amides is 1. The van der Waals surface area contributed by atoms with Crippen molar-refractivity contribution in [2.45, 2.75) is 6.54 Å². The fourth-order valence-corrected chi connectivity index (χ4v) is 3.36. The summed E-state index contributed by atoms with van der Waals surface area (Å²) in [4.78, 5) is 29.0. The summed E-state index contributed by atoms with van der Waals surface area (Å²) in [5.41, 5.74) is 4.16. The van der Waals surface area contributed by atoms with E-state index in [1.807, 2.05) is 35.0 Å². The second-order valence-corrected chi connectivity index (χ2v) is 6.72. The van der Waals surface area contributed by atoms with Crippen molar-refractivity contribution in [2.75, 3.05) is 31.7 Å². The van der Waals surface area contributed by atoms with Gasteiger partial charge in [-0.1, -0.05) is 18.2 Å². The number of nitrogens with zero attached hydrogens (tertiary/aromatic N) is 5. The number of hydrazone groups is 1. The highest BCUT2D eigenvalue weighted by Gasteiger charge is 2.18. The molecule has 2 aromatic heterocycles. The van der Waals surface area contributed by atoms with Gasteiger partial charge >= 0.3 is 5.69 Å². The molecule has 0 radical (unpaired) electrons. The first-order valence-electron chi connectivity index (χ1n) is 9.45. The van der Waals surface area contributed by atoms with E-state index in [0.717, 1.165) is 16.5 Å². The maximum Gasteiger partial charge on any atom is 0.313 e. The Morgan fingerprint density at radius 1 is 1.27 bits per heavy atom. The van der Waals surface area contributed by atoms with Gasteiger partial charge in [-0.15, -0.1) is 0 Å². The van der Waals surface area contributed by atoms with Gasteiger partial charge in [0, 0.05) is 48.0 Å². The lowest BCUT2D eigenvalue weighted by molar-refractivity contribution is -0.384. The number of carbonyl (C=O) groups is 1. The van der Waals surface area contributed by atoms with E-state index in [9.17, 15) is 14.9 Å². The number of benzene rings is 1. The summed E-state index contributed by atoms with van der Waals surface area (Å²) in [7, 11) is 0. The van der Waals surface area contributed by atoms with Crippen LogP contribution in [-0.2, 0) is 16.1 Å². The Morgan fingerprint density at radius 3 is 2.87 bits per heavy atom. The number of hydrogen-bond acceptors (Lipinski definition) is 7. The third kappa shape index (κ3) is 4.13. The van der Waals surface area contributed by atoms with Gasteiger partial charge in [-0.2, -0.15) is 5.10 Å². The zero-order valence-electron chi connectivity index (χ0n) is 16.1. The van der Waals surface area contributed by atoms with E-state index in [1.54, 1.807) is 11.1 Å². The number of aromatic nitrogens is 2. The average molecular weight is 408 g/mol. The second-order valence-electron chi connectivity index (χ2n) is 6.72. The molecule has 3 heterocycles. The van der Waals surface area contributed by atoms with Gasteiger partial charge in [0.2, 0.25) is 11.7 Å². The van der Waals surface area contributed by atoms with Gasteiger partial charge in [-0.05, 0) is 12.1 Å². The highest BCUT2D eigenvalue weighted by Crippen LogP contribution is 2.22. The molecule has 0 bridgehead atoms. The molecule has 0 saturated carbocycles. The molecule has 30 heavy (non-hydrogen) atoms. The number of para-hydroxylation sites is 1. The molecule has 1 fully saturated rings. The third-order valence-corrected chi connectivity index (χ3v) is 4.85. The van der Waals surface area contributed by atoms with Gasteiger partial charge < -0.3 is 14.2 Å². The molecule has 1 aliphatic heterocycles. The van der Waals surface area contributed by atoms with E-state index < -0.39 is 4.92 Å². The van der Waals surface area contributed by atoms with Crippen LogP contribution in [0.4, 0.5) is 11.5 Å². The molecule has 3 aromatic rings. The molecule has 10 nitrogen and oxygen atoms in total. The van der Waals surface area contributed by atoms with E-state index >= 15 is 0 Å². The first-order chi connectivity index (χ1) is 14.6. The molecule has 0 atom stereocenters. The summed E-state index contributed by atoms with van der Waals surface area (Å²) in [6.07, 6.45) is 4.87. The van der Waals surface area contributed by atoms with Crippen LogP contribution in [0.3, 0.4) is 0 Å². The Labute approximate surface area is 171 Å². The lowest BCUT2D eigenvalue weighted by atomic mass is 10.2. The minimum absolute atomic E-state index is 0.0322. The van der Waals surface area contributed by atoms with Crippen molar-refractivity contribution in [3.63, 3.8) is 0 Å². The van der Waals surface area contributed by atoms with Crippen molar-refractivity contribution in [3.8, 4) is 0 Å². The third-order valence-electron chi connectivity index (χ3n) is 4.85. The number of nitrogens with one attached hydrogen (secondary N) is 1. The number of nitro groups is 1. The Morgan fingerprint density at radius 2 is 2.07 bits per heavy atom. The normalized spacial score (nSPS) is 14.3. The number of carbonyl (C=O) groups excluding carboxylic acids is 1. The predicted octanol–water partition coefficient (Wildman–Crippen LogP) is 2.25. The van der Waals surface area contributed by atoms with Crippen molar-refractivity contribution in [1.29, 1.82) is 0 Å². The lowest BCUT2D eigenvalue weighted by Crippen LogP contribution is -2.42. The Kier molecular flexibility index (Phi) is 5.66. The van der Waals surface area contributed by atoms with Crippen LogP contribution >= 0.6 is 0 Å². The summed E-state index contributed by atoms with van der Waals surface area (Å²) < 4.78 is 7.19. The topological polar surface area (TPSA) is 115 Å². The van der Waals surface area contributed by atoms with Crippen molar-refractivity contribution >= 4 is 34.5 Å². The SMILES string of the molecule is O=C(Cn1cc(/C=N\Nc2ncccc2[N+](=O)[O-])c2ccccc21)N1CCOCC1. The van der Waals surface area contributed by atoms with Gasteiger partial charge in [-0.25, -0.2) is 4.98 Å². The summed E-state index contributed by atoms with van der Waals surface area (Å²) in [5.74, 6) is 0.0924. The smallest absolute Gasteiger partial charge is 0.313 e. The maximum absolute atomic E-state index is 12.7. The van der Waals surface area contributed by atoms with Crippen LogP contribution in [0.1, 0.15) is 5.56 Å². The molecule has 10 heteroatoms. The van der Waals surface area contributed by atoms with E-state index in [2.05, 4.69) is 15.5 Å². The number of anilines is 1. The standard InChI is InChI=1S/C20H20N6O4/c27-19(24-8-10-30-11-9-24)14-25-13-15(16-4-1-2-5-17(16)25)12-22-23-20-18(26(28)29)6-3-7-21-20/h1-7,12-13H,8-11,14H2,(H,21,23)/b22-12-. The maximum atomic E-state index is 12.7. The Bertz CT molecular complexity index is 1100. The Hall–Kier alpha value is -3.79. The lowest BCUT2D eigenvalue weighted by Gasteiger charge is -2.27. The minimum atomic E-state index is -0.520. The van der Waals surface area contributed by atoms with Crippen LogP contribution in [-0.4, -0.2) is 57.8 Å². The van der Waals surface area contributed by atoms with Gasteiger partial charge in [-0.3, -0.25) is 20.3 Å². The van der Waals surface area contributed by atoms with E-state index in [0.29, 0.717) is 26.3 Å². The largest absolute Gasteiger partial charge is 0.378 e. The van der Waals surface area contributed by atoms with Crippen molar-refractivity contribution in [1.82, 2.24) is 14.5 Å². The van der Waals surface area contributed by atoms with Crippen molar-refractivity contribution in [2.24, 2.45) is 5.10 Å². The van der Waals surface area contributed by atoms with Gasteiger partial charge in [0.1, 0.15) is 6.54 Å². The zero-order chi connectivity index (χ0) is 20.9. The molecule has 0 spiro atoms. The van der Waals surface area contributed by atoms with Crippen LogP contribution in [0.25, 0.3) is 10.9 Å². The quantitative estimate of drug-likeness (QED) is 0.380. The van der Waals surface area contributed by atoms with E-state index in [-0.39, 0.29) is 24.0 Å². The van der Waals surface area contributed by atoms with Gasteiger partial charge in [0.25, 0.3) is 0 Å². The highest BCUT2D eigenvalue weighted by atomic mass is 16.6. The summed E-state index contributed by atoms with van der Waals surface area (Å²) >= 11 is 0. The summed E-state index contributed by atoms with van der Waals surface area (Å²) in [6, 6.07) is 10.5. The summed E-state index contributed by atoms with van der Waals surface area (Å²) in [5, 5.41) is 16.1. The van der Waals surface area contributed by atoms with Crippen molar-refractivity contribution < 1.29 is 14.5 Å². The summed E-state index contributed by atoms with van der Waals surface area (Å²) in [6.45, 7) is 2.52. The molecule has 154 valence electrons. The molecular formula is C20H20N6O4. The van der Waals surface area contributed by atoms with Crippen LogP contribution in [0.2, 0.25) is 0 Å². The molecule has 1 amide bonds. The number of rotatable bonds is 6. The number of pyridine rings is 1. The molecule has 1 aromatic carbocycles. The molecule has 0 aliphatic carbocycles. The van der Waals surface area contributed by atoms with Gasteiger partial charge in [0.05, 0.1) is 24.4 Å². The van der Waals surface area contributed by atoms with Crippen LogP contribution in [0.15, 0.2) is 53.9 Å².